The summed E-state index contributed by atoms with van der Waals surface area (Å²) in [6.45, 7) is 6.01. The zero-order valence-electron chi connectivity index (χ0n) is 13.5. The van der Waals surface area contributed by atoms with Gasteiger partial charge in [-0.1, -0.05) is 18.2 Å². The zero-order valence-corrected chi connectivity index (χ0v) is 13.5. The molecule has 4 nitrogen and oxygen atoms in total. The normalized spacial score (nSPS) is 19.0. The predicted molar refractivity (Wildman–Crippen MR) is 87.3 cm³/mol. The quantitative estimate of drug-likeness (QED) is 0.748. The van der Waals surface area contributed by atoms with Crippen LogP contribution in [0.1, 0.15) is 37.7 Å². The molecule has 1 unspecified atom stereocenters. The summed E-state index contributed by atoms with van der Waals surface area (Å²) in [5.74, 6) is 0.839. The number of rotatable bonds is 8. The van der Waals surface area contributed by atoms with Gasteiger partial charge in [-0.25, -0.2) is 0 Å². The van der Waals surface area contributed by atoms with Crippen molar-refractivity contribution in [1.82, 2.24) is 4.90 Å². The van der Waals surface area contributed by atoms with Crippen LogP contribution in [-0.4, -0.2) is 42.2 Å². The van der Waals surface area contributed by atoms with Crippen molar-refractivity contribution in [3.05, 3.63) is 29.8 Å². The van der Waals surface area contributed by atoms with E-state index in [4.69, 9.17) is 9.84 Å². The lowest BCUT2D eigenvalue weighted by atomic mass is 9.93. The third kappa shape index (κ3) is 5.68. The van der Waals surface area contributed by atoms with E-state index in [0.717, 1.165) is 44.8 Å². The highest BCUT2D eigenvalue weighted by Gasteiger charge is 2.20. The number of aliphatic carboxylic acids is 1. The molecule has 1 aliphatic heterocycles. The number of nitrogens with zero attached hydrogens (tertiary/aromatic N) is 1. The smallest absolute Gasteiger partial charge is 0.303 e. The van der Waals surface area contributed by atoms with Crippen molar-refractivity contribution in [2.75, 3.05) is 26.2 Å². The van der Waals surface area contributed by atoms with E-state index in [9.17, 15) is 4.79 Å². The van der Waals surface area contributed by atoms with Gasteiger partial charge in [0, 0.05) is 19.5 Å². The average molecular weight is 305 g/mol. The van der Waals surface area contributed by atoms with E-state index in [1.807, 2.05) is 18.2 Å². The van der Waals surface area contributed by atoms with Crippen molar-refractivity contribution in [2.45, 2.75) is 39.0 Å². The minimum absolute atomic E-state index is 0.300. The van der Waals surface area contributed by atoms with E-state index in [2.05, 4.69) is 17.9 Å². The van der Waals surface area contributed by atoms with Gasteiger partial charge in [-0.2, -0.15) is 0 Å². The van der Waals surface area contributed by atoms with E-state index in [1.165, 1.54) is 18.4 Å². The third-order valence-electron chi connectivity index (χ3n) is 4.34. The number of carboxylic acid groups (broad SMARTS) is 1. The first-order valence-electron chi connectivity index (χ1n) is 8.27. The van der Waals surface area contributed by atoms with Gasteiger partial charge in [0.05, 0.1) is 6.61 Å². The van der Waals surface area contributed by atoms with Crippen molar-refractivity contribution in [3.8, 4) is 5.75 Å². The first-order chi connectivity index (χ1) is 10.6. The Hall–Kier alpha value is -1.55. The van der Waals surface area contributed by atoms with Gasteiger partial charge in [0.1, 0.15) is 5.75 Å². The van der Waals surface area contributed by atoms with Crippen LogP contribution in [0.2, 0.25) is 0 Å². The molecule has 1 saturated heterocycles. The molecule has 1 aromatic carbocycles. The van der Waals surface area contributed by atoms with Gasteiger partial charge in [-0.15, -0.1) is 0 Å². The van der Waals surface area contributed by atoms with E-state index in [1.54, 1.807) is 0 Å². The van der Waals surface area contributed by atoms with Crippen LogP contribution in [0.15, 0.2) is 24.3 Å². The molecule has 0 radical (unpaired) electrons. The van der Waals surface area contributed by atoms with Crippen molar-refractivity contribution in [3.63, 3.8) is 0 Å². The van der Waals surface area contributed by atoms with E-state index in [0.29, 0.717) is 12.3 Å². The molecule has 4 heteroatoms. The Balaban J connectivity index is 1.64. The van der Waals surface area contributed by atoms with E-state index < -0.39 is 5.97 Å². The highest BCUT2D eigenvalue weighted by molar-refractivity contribution is 5.66. The fourth-order valence-electron chi connectivity index (χ4n) is 3.11. The van der Waals surface area contributed by atoms with Crippen LogP contribution in [0, 0.1) is 12.8 Å². The van der Waals surface area contributed by atoms with Gasteiger partial charge in [0.15, 0.2) is 0 Å². The summed E-state index contributed by atoms with van der Waals surface area (Å²) in [6.07, 6.45) is 4.48. The lowest BCUT2D eigenvalue weighted by molar-refractivity contribution is -0.137. The maximum atomic E-state index is 10.7. The van der Waals surface area contributed by atoms with Crippen LogP contribution in [0.3, 0.4) is 0 Å². The highest BCUT2D eigenvalue weighted by Crippen LogP contribution is 2.21. The number of aryl methyl sites for hydroxylation is 1. The summed E-state index contributed by atoms with van der Waals surface area (Å²) in [4.78, 5) is 13.1. The molecule has 1 N–H and O–H groups in total. The molecule has 1 aliphatic rings. The van der Waals surface area contributed by atoms with Crippen molar-refractivity contribution >= 4 is 5.97 Å². The first-order valence-corrected chi connectivity index (χ1v) is 8.27. The van der Waals surface area contributed by atoms with Crippen molar-refractivity contribution < 1.29 is 14.6 Å². The largest absolute Gasteiger partial charge is 0.493 e. The topological polar surface area (TPSA) is 49.8 Å². The van der Waals surface area contributed by atoms with Crippen LogP contribution in [0.5, 0.6) is 5.75 Å². The monoisotopic (exact) mass is 305 g/mol. The molecule has 122 valence electrons. The number of carboxylic acids is 1. The number of para-hydroxylation sites is 1. The Labute approximate surface area is 133 Å². The van der Waals surface area contributed by atoms with Gasteiger partial charge in [-0.05, 0) is 56.7 Å². The number of ether oxygens (including phenoxy) is 1. The SMILES string of the molecule is Cc1ccccc1OCCCN1CCCC(CCC(=O)O)C1. The predicted octanol–water partition coefficient (Wildman–Crippen LogP) is 3.34. The lowest BCUT2D eigenvalue weighted by Crippen LogP contribution is -2.36. The van der Waals surface area contributed by atoms with E-state index >= 15 is 0 Å². The first kappa shape index (κ1) is 16.8. The zero-order chi connectivity index (χ0) is 15.8. The minimum atomic E-state index is -0.677. The van der Waals surface area contributed by atoms with Gasteiger partial charge >= 0.3 is 5.97 Å². The summed E-state index contributed by atoms with van der Waals surface area (Å²) in [5, 5.41) is 8.78. The molecule has 2 rings (SSSR count). The van der Waals surface area contributed by atoms with Gasteiger partial charge in [0.25, 0.3) is 0 Å². The van der Waals surface area contributed by atoms with Crippen LogP contribution < -0.4 is 4.74 Å². The van der Waals surface area contributed by atoms with Crippen molar-refractivity contribution in [1.29, 1.82) is 0 Å². The second-order valence-electron chi connectivity index (χ2n) is 6.21. The summed E-state index contributed by atoms with van der Waals surface area (Å²) in [5.41, 5.74) is 1.18. The second-order valence-corrected chi connectivity index (χ2v) is 6.21. The molecular formula is C18H27NO3. The van der Waals surface area contributed by atoms with Gasteiger partial charge in [-0.3, -0.25) is 4.79 Å². The molecule has 0 saturated carbocycles. The minimum Gasteiger partial charge on any atom is -0.493 e. The molecule has 0 spiro atoms. The fraction of sp³-hybridized carbons (Fsp3) is 0.611. The fourth-order valence-corrected chi connectivity index (χ4v) is 3.11. The number of hydrogen-bond donors (Lipinski definition) is 1. The maximum Gasteiger partial charge on any atom is 0.303 e. The molecular weight excluding hydrogens is 278 g/mol. The molecule has 1 fully saturated rings. The summed E-state index contributed by atoms with van der Waals surface area (Å²) >= 11 is 0. The van der Waals surface area contributed by atoms with Crippen LogP contribution in [0.4, 0.5) is 0 Å². The summed E-state index contributed by atoms with van der Waals surface area (Å²) < 4.78 is 5.83. The van der Waals surface area contributed by atoms with Crippen LogP contribution >= 0.6 is 0 Å². The number of benzene rings is 1. The van der Waals surface area contributed by atoms with Gasteiger partial charge in [0.2, 0.25) is 0 Å². The molecule has 1 heterocycles. The molecule has 1 atom stereocenters. The Bertz CT molecular complexity index is 475. The number of likely N-dealkylation sites (tertiary alicyclic amines) is 1. The highest BCUT2D eigenvalue weighted by atomic mass is 16.5. The molecule has 0 aliphatic carbocycles. The molecule has 22 heavy (non-hydrogen) atoms. The van der Waals surface area contributed by atoms with Crippen LogP contribution in [0.25, 0.3) is 0 Å². The Kier molecular flexibility index (Phi) is 6.72. The molecule has 1 aromatic rings. The Morgan fingerprint density at radius 3 is 3.00 bits per heavy atom. The van der Waals surface area contributed by atoms with Gasteiger partial charge < -0.3 is 14.7 Å². The Morgan fingerprint density at radius 2 is 2.23 bits per heavy atom. The summed E-state index contributed by atoms with van der Waals surface area (Å²) in [6, 6.07) is 8.10. The average Bonchev–Trinajstić information content (AvgIpc) is 2.51. The number of piperidine rings is 1. The molecule has 0 bridgehead atoms. The maximum absolute atomic E-state index is 10.7. The van der Waals surface area contributed by atoms with Crippen molar-refractivity contribution in [2.24, 2.45) is 5.92 Å². The lowest BCUT2D eigenvalue weighted by Gasteiger charge is -2.32. The van der Waals surface area contributed by atoms with Crippen LogP contribution in [-0.2, 0) is 4.79 Å². The number of hydrogen-bond acceptors (Lipinski definition) is 3. The molecule has 0 amide bonds. The third-order valence-corrected chi connectivity index (χ3v) is 4.34. The Morgan fingerprint density at radius 1 is 1.41 bits per heavy atom. The molecule has 0 aromatic heterocycles. The second kappa shape index (κ2) is 8.79. The standard InChI is InChI=1S/C18H27NO3/c1-15-6-2-3-8-17(15)22-13-5-12-19-11-4-7-16(14-19)9-10-18(20)21/h2-3,6,8,16H,4-5,7,9-14H2,1H3,(H,20,21). The number of carbonyl (C=O) groups is 1. The summed E-state index contributed by atoms with van der Waals surface area (Å²) in [7, 11) is 0. The van der Waals surface area contributed by atoms with E-state index in [-0.39, 0.29) is 0 Å².